The van der Waals surface area contributed by atoms with E-state index in [1.807, 2.05) is 13.0 Å². The minimum Gasteiger partial charge on any atom is -0.258 e. The Morgan fingerprint density at radius 2 is 2.18 bits per heavy atom. The van der Waals surface area contributed by atoms with Gasteiger partial charge in [0.05, 0.1) is 4.92 Å². The fourth-order valence-corrected chi connectivity index (χ4v) is 1.10. The van der Waals surface area contributed by atoms with Gasteiger partial charge in [-0.25, -0.2) is 0 Å². The van der Waals surface area contributed by atoms with Gasteiger partial charge in [-0.05, 0) is 18.6 Å². The number of hydrogen-bond acceptors (Lipinski definition) is 2. The van der Waals surface area contributed by atoms with Crippen LogP contribution < -0.4 is 5.30 Å². The second-order valence-corrected chi connectivity index (χ2v) is 2.94. The van der Waals surface area contributed by atoms with Crippen molar-refractivity contribution in [2.75, 3.05) is 0 Å². The van der Waals surface area contributed by atoms with E-state index in [1.165, 1.54) is 0 Å². The van der Waals surface area contributed by atoms with Crippen LogP contribution in [0, 0.1) is 17.0 Å². The molecule has 1 aromatic rings. The van der Waals surface area contributed by atoms with Crippen molar-refractivity contribution in [1.29, 1.82) is 0 Å². The van der Waals surface area contributed by atoms with Gasteiger partial charge in [0.15, 0.2) is 0 Å². The van der Waals surface area contributed by atoms with Crippen LogP contribution in [0.3, 0.4) is 0 Å². The Hall–Kier alpha value is -0.950. The highest BCUT2D eigenvalue weighted by Crippen LogP contribution is 2.12. The van der Waals surface area contributed by atoms with Crippen molar-refractivity contribution in [3.8, 4) is 0 Å². The van der Waals surface area contributed by atoms with Crippen molar-refractivity contribution in [3.63, 3.8) is 0 Å². The Labute approximate surface area is 66.8 Å². The van der Waals surface area contributed by atoms with Crippen LogP contribution in [0.4, 0.5) is 5.69 Å². The standard InChI is InChI=1S/C7H8NO2P/c1-5-2-3-7(11)6(4-5)8(9)10/h2-4H,11H2,1H3. The van der Waals surface area contributed by atoms with Crippen LogP contribution in [0.25, 0.3) is 0 Å². The number of hydrogen-bond donors (Lipinski definition) is 0. The topological polar surface area (TPSA) is 43.1 Å². The molecule has 4 heteroatoms. The largest absolute Gasteiger partial charge is 0.276 e. The number of benzene rings is 1. The first-order chi connectivity index (χ1) is 5.11. The molecular weight excluding hydrogens is 161 g/mol. The molecule has 58 valence electrons. The van der Waals surface area contributed by atoms with Crippen molar-refractivity contribution >= 4 is 20.2 Å². The Kier molecular flexibility index (Phi) is 2.20. The number of aryl methyl sites for hydroxylation is 1. The fraction of sp³-hybridized carbons (Fsp3) is 0.143. The Morgan fingerprint density at radius 1 is 1.55 bits per heavy atom. The summed E-state index contributed by atoms with van der Waals surface area (Å²) in [6, 6.07) is 5.12. The average Bonchev–Trinajstić information content (AvgIpc) is 1.94. The monoisotopic (exact) mass is 169 g/mol. The molecule has 1 rings (SSSR count). The van der Waals surface area contributed by atoms with Crippen molar-refractivity contribution in [1.82, 2.24) is 0 Å². The molecular formula is C7H8NO2P. The van der Waals surface area contributed by atoms with E-state index in [4.69, 9.17) is 0 Å². The molecule has 1 aromatic carbocycles. The van der Waals surface area contributed by atoms with Crippen LogP contribution in [0.1, 0.15) is 5.56 Å². The first-order valence-corrected chi connectivity index (χ1v) is 3.69. The molecule has 1 atom stereocenters. The summed E-state index contributed by atoms with van der Waals surface area (Å²) in [7, 11) is 2.34. The van der Waals surface area contributed by atoms with Crippen molar-refractivity contribution in [3.05, 3.63) is 33.9 Å². The highest BCUT2D eigenvalue weighted by molar-refractivity contribution is 7.27. The minimum absolute atomic E-state index is 0.162. The summed E-state index contributed by atoms with van der Waals surface area (Å²) < 4.78 is 0. The van der Waals surface area contributed by atoms with Gasteiger partial charge in [-0.3, -0.25) is 10.1 Å². The van der Waals surface area contributed by atoms with Gasteiger partial charge < -0.3 is 0 Å². The number of nitrogens with zero attached hydrogens (tertiary/aromatic N) is 1. The summed E-state index contributed by atoms with van der Waals surface area (Å²) in [6.45, 7) is 1.83. The van der Waals surface area contributed by atoms with Gasteiger partial charge in [0, 0.05) is 11.4 Å². The highest BCUT2D eigenvalue weighted by atomic mass is 31.0. The summed E-state index contributed by atoms with van der Waals surface area (Å²) in [5.74, 6) is 0. The molecule has 0 bridgehead atoms. The maximum atomic E-state index is 10.4. The van der Waals surface area contributed by atoms with Gasteiger partial charge >= 0.3 is 0 Å². The van der Waals surface area contributed by atoms with Crippen LogP contribution in [0.15, 0.2) is 18.2 Å². The molecule has 0 aromatic heterocycles. The quantitative estimate of drug-likeness (QED) is 0.362. The maximum Gasteiger partial charge on any atom is 0.276 e. The molecule has 0 N–H and O–H groups in total. The summed E-state index contributed by atoms with van der Waals surface area (Å²) in [6.07, 6.45) is 0. The molecule has 0 fully saturated rings. The molecule has 0 aliphatic carbocycles. The zero-order chi connectivity index (χ0) is 8.43. The number of nitro benzene ring substituents is 1. The van der Waals surface area contributed by atoms with E-state index >= 15 is 0 Å². The molecule has 0 amide bonds. The van der Waals surface area contributed by atoms with E-state index < -0.39 is 0 Å². The van der Waals surface area contributed by atoms with E-state index in [9.17, 15) is 10.1 Å². The number of rotatable bonds is 1. The SMILES string of the molecule is Cc1ccc(P)c([N+](=O)[O-])c1. The molecule has 0 spiro atoms. The summed E-state index contributed by atoms with van der Waals surface area (Å²) in [5.41, 5.74) is 1.07. The lowest BCUT2D eigenvalue weighted by molar-refractivity contribution is -0.383. The van der Waals surface area contributed by atoms with E-state index in [-0.39, 0.29) is 10.6 Å². The van der Waals surface area contributed by atoms with Gasteiger partial charge in [0.25, 0.3) is 5.69 Å². The average molecular weight is 169 g/mol. The predicted octanol–water partition coefficient (Wildman–Crippen LogP) is 1.40. The molecule has 11 heavy (non-hydrogen) atoms. The summed E-state index contributed by atoms with van der Waals surface area (Å²) in [4.78, 5) is 9.99. The second-order valence-electron chi connectivity index (χ2n) is 2.32. The van der Waals surface area contributed by atoms with Crippen molar-refractivity contribution in [2.45, 2.75) is 6.92 Å². The summed E-state index contributed by atoms with van der Waals surface area (Å²) in [5, 5.41) is 11.0. The van der Waals surface area contributed by atoms with Crippen LogP contribution in [-0.2, 0) is 0 Å². The van der Waals surface area contributed by atoms with Gasteiger partial charge in [-0.1, -0.05) is 15.3 Å². The predicted molar refractivity (Wildman–Crippen MR) is 47.2 cm³/mol. The molecule has 0 heterocycles. The normalized spacial score (nSPS) is 9.64. The van der Waals surface area contributed by atoms with Gasteiger partial charge in [-0.15, -0.1) is 0 Å². The lowest BCUT2D eigenvalue weighted by Gasteiger charge is -1.96. The Balaban J connectivity index is 3.23. The zero-order valence-electron chi connectivity index (χ0n) is 6.07. The Bertz CT molecular complexity index is 298. The Morgan fingerprint density at radius 3 is 2.64 bits per heavy atom. The molecule has 0 aliphatic heterocycles. The van der Waals surface area contributed by atoms with Crippen LogP contribution in [0.5, 0.6) is 0 Å². The zero-order valence-corrected chi connectivity index (χ0v) is 7.23. The number of nitro groups is 1. The summed E-state index contributed by atoms with van der Waals surface area (Å²) >= 11 is 0. The second kappa shape index (κ2) is 2.97. The van der Waals surface area contributed by atoms with E-state index in [0.29, 0.717) is 5.30 Å². The fourth-order valence-electron chi connectivity index (χ4n) is 0.812. The molecule has 0 saturated carbocycles. The maximum absolute atomic E-state index is 10.4. The van der Waals surface area contributed by atoms with Gasteiger partial charge in [0.2, 0.25) is 0 Å². The third-order valence-corrected chi connectivity index (χ3v) is 1.87. The van der Waals surface area contributed by atoms with Crippen molar-refractivity contribution in [2.24, 2.45) is 0 Å². The molecule has 0 radical (unpaired) electrons. The smallest absolute Gasteiger partial charge is 0.258 e. The molecule has 0 aliphatic rings. The van der Waals surface area contributed by atoms with Gasteiger partial charge in [-0.2, -0.15) is 0 Å². The van der Waals surface area contributed by atoms with Crippen LogP contribution in [0.2, 0.25) is 0 Å². The molecule has 0 saturated heterocycles. The van der Waals surface area contributed by atoms with Crippen LogP contribution in [-0.4, -0.2) is 4.92 Å². The lowest BCUT2D eigenvalue weighted by Crippen LogP contribution is -2.01. The first kappa shape index (κ1) is 8.15. The molecule has 1 unspecified atom stereocenters. The first-order valence-electron chi connectivity index (χ1n) is 3.12. The van der Waals surface area contributed by atoms with E-state index in [0.717, 1.165) is 5.56 Å². The molecule has 3 nitrogen and oxygen atoms in total. The van der Waals surface area contributed by atoms with E-state index in [2.05, 4.69) is 9.24 Å². The van der Waals surface area contributed by atoms with Crippen molar-refractivity contribution < 1.29 is 4.92 Å². The third kappa shape index (κ3) is 1.75. The highest BCUT2D eigenvalue weighted by Gasteiger charge is 2.08. The minimum atomic E-state index is -0.380. The third-order valence-electron chi connectivity index (χ3n) is 1.38. The van der Waals surface area contributed by atoms with Gasteiger partial charge in [0.1, 0.15) is 0 Å². The lowest BCUT2D eigenvalue weighted by atomic mass is 10.2. The van der Waals surface area contributed by atoms with E-state index in [1.54, 1.807) is 12.1 Å². The van der Waals surface area contributed by atoms with Crippen LogP contribution >= 0.6 is 9.24 Å².